The highest BCUT2D eigenvalue weighted by Gasteiger charge is 2.22. The fourth-order valence-electron chi connectivity index (χ4n) is 1.47. The largest absolute Gasteiger partial charge is 0.358 e. The SMILES string of the molecule is CSc1nnc(-c2ncc([N+](=O)[O-])n2C)n1C. The van der Waals surface area contributed by atoms with Crippen LogP contribution in [0, 0.1) is 10.1 Å². The third-order valence-corrected chi connectivity index (χ3v) is 3.09. The van der Waals surface area contributed by atoms with Crippen molar-refractivity contribution in [1.29, 1.82) is 0 Å². The standard InChI is InChI=1S/C8H10N6O2S/c1-12-5(14(15)16)4-9-6(12)7-10-11-8(17-3)13(7)2/h4H,1-3H3. The normalized spacial score (nSPS) is 10.8. The summed E-state index contributed by atoms with van der Waals surface area (Å²) in [6.07, 6.45) is 3.09. The van der Waals surface area contributed by atoms with Gasteiger partial charge in [-0.1, -0.05) is 11.8 Å². The average molecular weight is 254 g/mol. The van der Waals surface area contributed by atoms with E-state index in [1.54, 1.807) is 18.7 Å². The first-order chi connectivity index (χ1) is 8.06. The van der Waals surface area contributed by atoms with Crippen molar-refractivity contribution in [2.45, 2.75) is 5.16 Å². The molecule has 0 amide bonds. The van der Waals surface area contributed by atoms with Gasteiger partial charge in [-0.25, -0.2) is 9.55 Å². The molecule has 2 heterocycles. The topological polar surface area (TPSA) is 91.7 Å². The average Bonchev–Trinajstić information content (AvgIpc) is 2.82. The molecule has 90 valence electrons. The Bertz CT molecular complexity index is 575. The van der Waals surface area contributed by atoms with Crippen molar-refractivity contribution in [3.05, 3.63) is 16.3 Å². The Kier molecular flexibility index (Phi) is 2.84. The second-order valence-corrected chi connectivity index (χ2v) is 4.10. The number of aromatic nitrogens is 5. The summed E-state index contributed by atoms with van der Waals surface area (Å²) >= 11 is 1.45. The summed E-state index contributed by atoms with van der Waals surface area (Å²) in [4.78, 5) is 14.2. The van der Waals surface area contributed by atoms with Crippen molar-refractivity contribution < 1.29 is 4.92 Å². The first-order valence-electron chi connectivity index (χ1n) is 4.66. The van der Waals surface area contributed by atoms with Crippen LogP contribution < -0.4 is 0 Å². The van der Waals surface area contributed by atoms with Gasteiger partial charge in [-0.05, 0) is 11.2 Å². The summed E-state index contributed by atoms with van der Waals surface area (Å²) < 4.78 is 3.13. The van der Waals surface area contributed by atoms with E-state index in [1.165, 1.54) is 22.5 Å². The predicted octanol–water partition coefficient (Wildman–Crippen LogP) is 0.846. The minimum absolute atomic E-state index is 0.0753. The number of nitrogens with zero attached hydrogens (tertiary/aromatic N) is 6. The summed E-state index contributed by atoms with van der Waals surface area (Å²) in [7, 11) is 3.37. The molecule has 0 fully saturated rings. The molecule has 0 bridgehead atoms. The maximum Gasteiger partial charge on any atom is 0.343 e. The molecule has 0 unspecified atom stereocenters. The van der Waals surface area contributed by atoms with E-state index in [-0.39, 0.29) is 5.82 Å². The maximum absolute atomic E-state index is 10.7. The van der Waals surface area contributed by atoms with E-state index in [2.05, 4.69) is 15.2 Å². The van der Waals surface area contributed by atoms with Crippen molar-refractivity contribution in [1.82, 2.24) is 24.3 Å². The number of rotatable bonds is 3. The van der Waals surface area contributed by atoms with E-state index in [4.69, 9.17) is 0 Å². The fraction of sp³-hybridized carbons (Fsp3) is 0.375. The zero-order chi connectivity index (χ0) is 12.6. The predicted molar refractivity (Wildman–Crippen MR) is 61.6 cm³/mol. The molecule has 2 rings (SSSR count). The van der Waals surface area contributed by atoms with Gasteiger partial charge in [0.25, 0.3) is 5.82 Å². The van der Waals surface area contributed by atoms with E-state index in [1.807, 2.05) is 6.26 Å². The van der Waals surface area contributed by atoms with Crippen LogP contribution in [0.4, 0.5) is 5.82 Å². The fourth-order valence-corrected chi connectivity index (χ4v) is 1.95. The van der Waals surface area contributed by atoms with Gasteiger partial charge in [0.1, 0.15) is 6.20 Å². The number of hydrogen-bond acceptors (Lipinski definition) is 6. The van der Waals surface area contributed by atoms with Crippen molar-refractivity contribution in [2.24, 2.45) is 14.1 Å². The highest BCUT2D eigenvalue weighted by Crippen LogP contribution is 2.23. The molecule has 0 N–H and O–H groups in total. The van der Waals surface area contributed by atoms with Crippen LogP contribution in [0.3, 0.4) is 0 Å². The van der Waals surface area contributed by atoms with Crippen LogP contribution in [0.25, 0.3) is 11.6 Å². The Hall–Kier alpha value is -1.90. The van der Waals surface area contributed by atoms with Gasteiger partial charge in [0.05, 0.1) is 7.05 Å². The van der Waals surface area contributed by atoms with Crippen LogP contribution in [0.5, 0.6) is 0 Å². The lowest BCUT2D eigenvalue weighted by molar-refractivity contribution is -0.391. The van der Waals surface area contributed by atoms with E-state index < -0.39 is 4.92 Å². The van der Waals surface area contributed by atoms with E-state index in [0.717, 1.165) is 5.16 Å². The van der Waals surface area contributed by atoms with Crippen LogP contribution in [0.15, 0.2) is 11.4 Å². The van der Waals surface area contributed by atoms with Crippen LogP contribution in [0.1, 0.15) is 0 Å². The monoisotopic (exact) mass is 254 g/mol. The molecular weight excluding hydrogens is 244 g/mol. The van der Waals surface area contributed by atoms with Gasteiger partial charge in [0.2, 0.25) is 5.82 Å². The van der Waals surface area contributed by atoms with Gasteiger partial charge in [-0.15, -0.1) is 10.2 Å². The van der Waals surface area contributed by atoms with E-state index in [9.17, 15) is 10.1 Å². The van der Waals surface area contributed by atoms with Crippen molar-refractivity contribution in [3.63, 3.8) is 0 Å². The lowest BCUT2D eigenvalue weighted by Crippen LogP contribution is -2.02. The van der Waals surface area contributed by atoms with Crippen LogP contribution in [-0.4, -0.2) is 35.5 Å². The quantitative estimate of drug-likeness (QED) is 0.458. The van der Waals surface area contributed by atoms with Gasteiger partial charge in [-0.2, -0.15) is 0 Å². The van der Waals surface area contributed by atoms with Crippen molar-refractivity contribution >= 4 is 17.6 Å². The van der Waals surface area contributed by atoms with Crippen molar-refractivity contribution in [3.8, 4) is 11.6 Å². The van der Waals surface area contributed by atoms with Gasteiger partial charge in [0.15, 0.2) is 5.16 Å². The zero-order valence-electron chi connectivity index (χ0n) is 9.49. The van der Waals surface area contributed by atoms with Gasteiger partial charge < -0.3 is 14.7 Å². The number of imidazole rings is 1. The highest BCUT2D eigenvalue weighted by atomic mass is 32.2. The summed E-state index contributed by atoms with van der Waals surface area (Å²) in [6.45, 7) is 0. The highest BCUT2D eigenvalue weighted by molar-refractivity contribution is 7.98. The summed E-state index contributed by atoms with van der Waals surface area (Å²) in [5.41, 5.74) is 0. The Morgan fingerprint density at radius 2 is 2.00 bits per heavy atom. The van der Waals surface area contributed by atoms with Gasteiger partial charge >= 0.3 is 5.82 Å². The Labute approximate surface area is 101 Å². The Morgan fingerprint density at radius 3 is 2.47 bits per heavy atom. The third-order valence-electron chi connectivity index (χ3n) is 2.37. The van der Waals surface area contributed by atoms with Gasteiger partial charge in [-0.3, -0.25) is 0 Å². The summed E-state index contributed by atoms with van der Waals surface area (Å²) in [6, 6.07) is 0. The number of hydrogen-bond donors (Lipinski definition) is 0. The molecule has 0 saturated carbocycles. The van der Waals surface area contributed by atoms with Crippen LogP contribution in [-0.2, 0) is 14.1 Å². The molecule has 2 aromatic rings. The molecule has 0 aliphatic heterocycles. The molecule has 0 aromatic carbocycles. The molecule has 8 nitrogen and oxygen atoms in total. The molecule has 0 spiro atoms. The lowest BCUT2D eigenvalue weighted by Gasteiger charge is -1.99. The zero-order valence-corrected chi connectivity index (χ0v) is 10.3. The minimum atomic E-state index is -0.484. The molecule has 0 aliphatic rings. The third kappa shape index (κ3) is 1.78. The second-order valence-electron chi connectivity index (χ2n) is 3.33. The molecule has 0 atom stereocenters. The lowest BCUT2D eigenvalue weighted by atomic mass is 10.5. The smallest absolute Gasteiger partial charge is 0.343 e. The second kappa shape index (κ2) is 4.17. The molecule has 9 heteroatoms. The van der Waals surface area contributed by atoms with E-state index in [0.29, 0.717) is 11.6 Å². The Morgan fingerprint density at radius 1 is 1.29 bits per heavy atom. The summed E-state index contributed by atoms with van der Waals surface area (Å²) in [5, 5.41) is 19.4. The minimum Gasteiger partial charge on any atom is -0.358 e. The first-order valence-corrected chi connectivity index (χ1v) is 5.88. The number of nitro groups is 1. The molecule has 2 aromatic heterocycles. The molecule has 0 radical (unpaired) electrons. The summed E-state index contributed by atoms with van der Waals surface area (Å²) in [5.74, 6) is 0.852. The van der Waals surface area contributed by atoms with Crippen LogP contribution >= 0.6 is 11.8 Å². The molecule has 0 aliphatic carbocycles. The Balaban J connectivity index is 2.53. The molecule has 17 heavy (non-hydrogen) atoms. The van der Waals surface area contributed by atoms with E-state index >= 15 is 0 Å². The molecular formula is C8H10N6O2S. The van der Waals surface area contributed by atoms with Crippen LogP contribution in [0.2, 0.25) is 0 Å². The number of thioether (sulfide) groups is 1. The maximum atomic E-state index is 10.7. The van der Waals surface area contributed by atoms with Crippen molar-refractivity contribution in [2.75, 3.05) is 6.26 Å². The van der Waals surface area contributed by atoms with Gasteiger partial charge in [0, 0.05) is 7.05 Å². The first kappa shape index (κ1) is 11.6. The molecule has 0 saturated heterocycles.